The van der Waals surface area contributed by atoms with E-state index in [4.69, 9.17) is 9.47 Å². The molecule has 1 aliphatic carbocycles. The lowest BCUT2D eigenvalue weighted by Gasteiger charge is -2.22. The number of hydrogen-bond donors (Lipinski definition) is 0. The number of esters is 1. The van der Waals surface area contributed by atoms with Gasteiger partial charge in [0.1, 0.15) is 5.76 Å². The highest BCUT2D eigenvalue weighted by Gasteiger charge is 2.35. The summed E-state index contributed by atoms with van der Waals surface area (Å²) < 4.78 is 10.4. The molecule has 0 heterocycles. The van der Waals surface area contributed by atoms with Crippen molar-refractivity contribution in [2.75, 3.05) is 14.2 Å². The molecular formula is C21H20O3. The molecule has 3 heteroatoms. The van der Waals surface area contributed by atoms with Gasteiger partial charge in [-0.25, -0.2) is 4.79 Å². The Balaban J connectivity index is 2.12. The normalized spacial score (nSPS) is 21.4. The van der Waals surface area contributed by atoms with Crippen LogP contribution in [0.3, 0.4) is 0 Å². The lowest BCUT2D eigenvalue weighted by atomic mass is 9.81. The van der Waals surface area contributed by atoms with Gasteiger partial charge in [0.25, 0.3) is 0 Å². The number of methoxy groups -OCH3 is 2. The van der Waals surface area contributed by atoms with Gasteiger partial charge in [-0.05, 0) is 17.2 Å². The summed E-state index contributed by atoms with van der Waals surface area (Å²) in [7, 11) is 3.02. The van der Waals surface area contributed by atoms with Gasteiger partial charge in [-0.15, -0.1) is 0 Å². The van der Waals surface area contributed by atoms with E-state index in [0.29, 0.717) is 0 Å². The molecule has 2 aromatic rings. The molecule has 0 fully saturated rings. The summed E-state index contributed by atoms with van der Waals surface area (Å²) in [4.78, 5) is 11.9. The minimum Gasteiger partial charge on any atom is -0.497 e. The number of rotatable bonds is 4. The lowest BCUT2D eigenvalue weighted by Crippen LogP contribution is -2.09. The van der Waals surface area contributed by atoms with Crippen LogP contribution in [-0.2, 0) is 14.3 Å². The van der Waals surface area contributed by atoms with Crippen molar-refractivity contribution in [1.82, 2.24) is 0 Å². The molecule has 122 valence electrons. The molecule has 1 aliphatic rings. The molecule has 2 aromatic carbocycles. The van der Waals surface area contributed by atoms with Crippen LogP contribution in [0.25, 0.3) is 0 Å². The van der Waals surface area contributed by atoms with Gasteiger partial charge in [-0.1, -0.05) is 60.7 Å². The van der Waals surface area contributed by atoms with Crippen LogP contribution in [0.2, 0.25) is 0 Å². The van der Waals surface area contributed by atoms with Gasteiger partial charge >= 0.3 is 5.97 Å². The molecule has 3 rings (SSSR count). The Kier molecular flexibility index (Phi) is 4.80. The summed E-state index contributed by atoms with van der Waals surface area (Å²) >= 11 is 0. The molecule has 0 N–H and O–H groups in total. The Morgan fingerprint density at radius 2 is 1.50 bits per heavy atom. The van der Waals surface area contributed by atoms with Gasteiger partial charge < -0.3 is 9.47 Å². The van der Waals surface area contributed by atoms with Crippen molar-refractivity contribution in [3.8, 4) is 0 Å². The highest BCUT2D eigenvalue weighted by molar-refractivity contribution is 5.84. The minimum atomic E-state index is -0.373. The van der Waals surface area contributed by atoms with Crippen LogP contribution >= 0.6 is 0 Å². The van der Waals surface area contributed by atoms with Crippen molar-refractivity contribution in [1.29, 1.82) is 0 Å². The van der Waals surface area contributed by atoms with Crippen LogP contribution in [0.5, 0.6) is 0 Å². The Labute approximate surface area is 142 Å². The lowest BCUT2D eigenvalue weighted by molar-refractivity contribution is -0.134. The van der Waals surface area contributed by atoms with Gasteiger partial charge in [-0.3, -0.25) is 0 Å². The van der Waals surface area contributed by atoms with Gasteiger partial charge in [-0.2, -0.15) is 0 Å². The van der Waals surface area contributed by atoms with E-state index in [-0.39, 0.29) is 17.8 Å². The zero-order valence-corrected chi connectivity index (χ0v) is 13.8. The molecule has 0 aromatic heterocycles. The summed E-state index contributed by atoms with van der Waals surface area (Å²) in [5.74, 6) is 0.479. The topological polar surface area (TPSA) is 35.5 Å². The van der Waals surface area contributed by atoms with Crippen LogP contribution in [0.4, 0.5) is 0 Å². The first kappa shape index (κ1) is 16.1. The third kappa shape index (κ3) is 3.11. The molecule has 3 nitrogen and oxygen atoms in total. The Morgan fingerprint density at radius 1 is 0.917 bits per heavy atom. The molecule has 24 heavy (non-hydrogen) atoms. The van der Waals surface area contributed by atoms with E-state index >= 15 is 0 Å². The summed E-state index contributed by atoms with van der Waals surface area (Å²) in [6.45, 7) is 0. The third-order valence-electron chi connectivity index (χ3n) is 4.35. The van der Waals surface area contributed by atoms with Gasteiger partial charge in [0.15, 0.2) is 0 Å². The van der Waals surface area contributed by atoms with Crippen molar-refractivity contribution in [3.63, 3.8) is 0 Å². The second-order valence-corrected chi connectivity index (χ2v) is 5.68. The predicted octanol–water partition coefficient (Wildman–Crippen LogP) is 4.20. The average molecular weight is 320 g/mol. The van der Waals surface area contributed by atoms with Crippen LogP contribution in [0, 0.1) is 0 Å². The monoisotopic (exact) mass is 320 g/mol. The molecule has 2 atom stereocenters. The van der Waals surface area contributed by atoms with Crippen molar-refractivity contribution in [3.05, 3.63) is 95.3 Å². The molecule has 0 unspecified atom stereocenters. The maximum absolute atomic E-state index is 11.9. The van der Waals surface area contributed by atoms with Gasteiger partial charge in [0.2, 0.25) is 0 Å². The maximum Gasteiger partial charge on any atom is 0.330 e. The quantitative estimate of drug-likeness (QED) is 0.626. The molecular weight excluding hydrogens is 300 g/mol. The maximum atomic E-state index is 11.9. The molecule has 0 saturated heterocycles. The Hall–Kier alpha value is -2.81. The SMILES string of the molecule is COC(=O)/C=C1\C(OC)=C[C@H](c2ccccc2)[C@H]1c1ccccc1. The van der Waals surface area contributed by atoms with Crippen LogP contribution in [0.1, 0.15) is 23.0 Å². The summed E-state index contributed by atoms with van der Waals surface area (Å²) in [6.07, 6.45) is 3.62. The van der Waals surface area contributed by atoms with E-state index in [1.165, 1.54) is 18.7 Å². The summed E-state index contributed by atoms with van der Waals surface area (Å²) in [6, 6.07) is 20.4. The average Bonchev–Trinajstić information content (AvgIpc) is 3.01. The largest absolute Gasteiger partial charge is 0.497 e. The molecule has 0 bridgehead atoms. The predicted molar refractivity (Wildman–Crippen MR) is 93.6 cm³/mol. The first-order valence-electron chi connectivity index (χ1n) is 7.90. The number of benzene rings is 2. The van der Waals surface area contributed by atoms with E-state index in [1.54, 1.807) is 7.11 Å². The highest BCUT2D eigenvalue weighted by Crippen LogP contribution is 2.48. The zero-order valence-electron chi connectivity index (χ0n) is 13.8. The molecule has 0 spiro atoms. The van der Waals surface area contributed by atoms with E-state index in [0.717, 1.165) is 16.9 Å². The van der Waals surface area contributed by atoms with Crippen LogP contribution in [-0.4, -0.2) is 20.2 Å². The van der Waals surface area contributed by atoms with Crippen molar-refractivity contribution in [2.24, 2.45) is 0 Å². The highest BCUT2D eigenvalue weighted by atomic mass is 16.5. The number of carbonyl (C=O) groups is 1. The second-order valence-electron chi connectivity index (χ2n) is 5.68. The molecule has 0 amide bonds. The van der Waals surface area contributed by atoms with E-state index in [2.05, 4.69) is 30.3 Å². The first-order chi connectivity index (χ1) is 11.7. The number of carbonyl (C=O) groups excluding carboxylic acids is 1. The zero-order chi connectivity index (χ0) is 16.9. The smallest absolute Gasteiger partial charge is 0.330 e. The second kappa shape index (κ2) is 7.18. The minimum absolute atomic E-state index is 0.0163. The number of allylic oxidation sites excluding steroid dienone is 2. The number of hydrogen-bond acceptors (Lipinski definition) is 3. The first-order valence-corrected chi connectivity index (χ1v) is 7.90. The van der Waals surface area contributed by atoms with Gasteiger partial charge in [0.05, 0.1) is 14.2 Å². The van der Waals surface area contributed by atoms with E-state index in [9.17, 15) is 4.79 Å². The fourth-order valence-electron chi connectivity index (χ4n) is 3.25. The van der Waals surface area contributed by atoms with Crippen LogP contribution < -0.4 is 0 Å². The Bertz CT molecular complexity index is 760. The van der Waals surface area contributed by atoms with Gasteiger partial charge in [0, 0.05) is 23.5 Å². The standard InChI is InChI=1S/C21H20O3/c1-23-19-13-17(15-9-5-3-6-10-15)21(16-11-7-4-8-12-16)18(19)14-20(22)24-2/h3-14,17,21H,1-2H3/b18-14+/t17-,21-/m1/s1. The molecule has 0 aliphatic heterocycles. The Morgan fingerprint density at radius 3 is 2.04 bits per heavy atom. The van der Waals surface area contributed by atoms with Crippen molar-refractivity contribution < 1.29 is 14.3 Å². The third-order valence-corrected chi connectivity index (χ3v) is 4.35. The fraction of sp³-hybridized carbons (Fsp3) is 0.190. The van der Waals surface area contributed by atoms with Crippen LogP contribution in [0.15, 0.2) is 84.1 Å². The van der Waals surface area contributed by atoms with E-state index < -0.39 is 0 Å². The van der Waals surface area contributed by atoms with E-state index in [1.807, 2.05) is 36.4 Å². The summed E-state index contributed by atoms with van der Waals surface area (Å²) in [5.41, 5.74) is 3.18. The number of ether oxygens (including phenoxy) is 2. The fourth-order valence-corrected chi connectivity index (χ4v) is 3.25. The van der Waals surface area contributed by atoms with Crippen molar-refractivity contribution in [2.45, 2.75) is 11.8 Å². The molecule has 0 radical (unpaired) electrons. The molecule has 0 saturated carbocycles. The van der Waals surface area contributed by atoms with Crippen molar-refractivity contribution >= 4 is 5.97 Å². The summed E-state index contributed by atoms with van der Waals surface area (Å²) in [5, 5.41) is 0.